The van der Waals surface area contributed by atoms with Crippen LogP contribution in [0.4, 0.5) is 8.78 Å². The lowest BCUT2D eigenvalue weighted by atomic mass is 9.96. The maximum Gasteiger partial charge on any atom is 0.264 e. The van der Waals surface area contributed by atoms with E-state index < -0.39 is 19.8 Å². The van der Waals surface area contributed by atoms with Crippen molar-refractivity contribution in [2.75, 3.05) is 32.8 Å². The van der Waals surface area contributed by atoms with Crippen molar-refractivity contribution in [3.05, 3.63) is 11.6 Å². The summed E-state index contributed by atoms with van der Waals surface area (Å²) in [5, 5.41) is 9.56. The van der Waals surface area contributed by atoms with Crippen LogP contribution < -0.4 is 0 Å². The van der Waals surface area contributed by atoms with Crippen LogP contribution in [0.5, 0.6) is 0 Å². The predicted octanol–water partition coefficient (Wildman–Crippen LogP) is 3.65. The van der Waals surface area contributed by atoms with Crippen molar-refractivity contribution < 1.29 is 18.0 Å². The quantitative estimate of drug-likeness (QED) is 0.379. The highest BCUT2D eigenvalue weighted by Gasteiger charge is 2.43. The number of halogens is 2. The normalized spacial score (nSPS) is 24.3. The number of carbonyl (C=O) groups is 1. The number of nitrogens with zero attached hydrogens (tertiary/aromatic N) is 3. The van der Waals surface area contributed by atoms with E-state index in [2.05, 4.69) is 19.6 Å². The lowest BCUT2D eigenvalue weighted by Gasteiger charge is -2.35. The number of carbonyl (C=O) groups excluding carboxylic acids is 1. The molecule has 8 heteroatoms. The molecule has 2 aliphatic rings. The topological polar surface area (TPSA) is 56.6 Å². The molecule has 158 valence electrons. The maximum atomic E-state index is 13.6. The van der Waals surface area contributed by atoms with Crippen molar-refractivity contribution in [3.8, 4) is 6.07 Å². The zero-order valence-electron chi connectivity index (χ0n) is 17.7. The van der Waals surface area contributed by atoms with Crippen molar-refractivity contribution in [3.63, 3.8) is 0 Å². The molecule has 5 nitrogen and oxygen atoms in total. The molecule has 28 heavy (non-hydrogen) atoms. The molecule has 0 spiro atoms. The molecule has 2 saturated heterocycles. The lowest BCUT2D eigenvalue weighted by molar-refractivity contribution is -0.128. The van der Waals surface area contributed by atoms with Gasteiger partial charge in [0.1, 0.15) is 11.6 Å². The highest BCUT2D eigenvalue weighted by Crippen LogP contribution is 2.33. The van der Waals surface area contributed by atoms with Crippen LogP contribution in [0.2, 0.25) is 19.6 Å². The molecule has 0 bridgehead atoms. The summed E-state index contributed by atoms with van der Waals surface area (Å²) >= 11 is 0. The summed E-state index contributed by atoms with van der Waals surface area (Å²) in [4.78, 5) is 16.3. The second-order valence-electron chi connectivity index (χ2n) is 9.53. The summed E-state index contributed by atoms with van der Waals surface area (Å²) in [5.74, 6) is -2.74. The van der Waals surface area contributed by atoms with Gasteiger partial charge in [-0.1, -0.05) is 0 Å². The average Bonchev–Trinajstić information content (AvgIpc) is 2.98. The van der Waals surface area contributed by atoms with E-state index in [1.54, 1.807) is 29.7 Å². The van der Waals surface area contributed by atoms with Crippen LogP contribution in [0, 0.1) is 17.2 Å². The number of piperidine rings is 1. The average molecular weight is 414 g/mol. The third-order valence-electron chi connectivity index (χ3n) is 5.39. The van der Waals surface area contributed by atoms with Crippen molar-refractivity contribution in [1.29, 1.82) is 5.26 Å². The molecule has 0 aromatic rings. The fourth-order valence-corrected chi connectivity index (χ4v) is 4.47. The number of alkyl halides is 2. The first-order valence-electron chi connectivity index (χ1n) is 10.0. The molecule has 2 rings (SSSR count). The third-order valence-corrected chi connectivity index (χ3v) is 6.42. The summed E-state index contributed by atoms with van der Waals surface area (Å²) < 4.78 is 33.2. The van der Waals surface area contributed by atoms with E-state index in [1.165, 1.54) is 0 Å². The van der Waals surface area contributed by atoms with Crippen LogP contribution in [-0.2, 0) is 9.22 Å². The highest BCUT2D eigenvalue weighted by atomic mass is 28.4. The number of amides is 1. The molecule has 2 aliphatic heterocycles. The number of rotatable bonds is 6. The number of hydrogen-bond acceptors (Lipinski definition) is 4. The zero-order chi connectivity index (χ0) is 21.2. The minimum Gasteiger partial charge on any atom is -0.417 e. The third kappa shape index (κ3) is 6.36. The Hall–Kier alpha value is -1.30. The molecule has 1 unspecified atom stereocenters. The van der Waals surface area contributed by atoms with E-state index in [4.69, 9.17) is 4.43 Å². The second kappa shape index (κ2) is 8.60. The van der Waals surface area contributed by atoms with Gasteiger partial charge in [0.05, 0.1) is 6.54 Å². The van der Waals surface area contributed by atoms with Crippen LogP contribution in [0.3, 0.4) is 0 Å². The molecule has 0 radical (unpaired) electrons. The van der Waals surface area contributed by atoms with E-state index >= 15 is 0 Å². The Morgan fingerprint density at radius 2 is 2.04 bits per heavy atom. The van der Waals surface area contributed by atoms with E-state index in [0.717, 1.165) is 12.8 Å². The molecule has 2 heterocycles. The molecular weight excluding hydrogens is 380 g/mol. The summed E-state index contributed by atoms with van der Waals surface area (Å²) in [6.45, 7) is 11.7. The fourth-order valence-electron chi connectivity index (χ4n) is 3.74. The van der Waals surface area contributed by atoms with Crippen molar-refractivity contribution in [2.45, 2.75) is 64.2 Å². The Labute approximate surface area is 168 Å². The molecule has 0 N–H and O–H groups in total. The minimum absolute atomic E-state index is 0.0342. The highest BCUT2D eigenvalue weighted by molar-refractivity contribution is 6.69. The first-order valence-corrected chi connectivity index (χ1v) is 13.4. The zero-order valence-corrected chi connectivity index (χ0v) is 18.7. The van der Waals surface area contributed by atoms with Crippen LogP contribution in [0.15, 0.2) is 11.6 Å². The van der Waals surface area contributed by atoms with Gasteiger partial charge in [0.2, 0.25) is 0 Å². The van der Waals surface area contributed by atoms with Crippen molar-refractivity contribution in [2.24, 2.45) is 5.92 Å². The van der Waals surface area contributed by atoms with Crippen molar-refractivity contribution in [1.82, 2.24) is 9.80 Å². The molecule has 2 fully saturated rings. The Balaban J connectivity index is 2.05. The molecule has 1 atom stereocenters. The summed E-state index contributed by atoms with van der Waals surface area (Å²) in [6, 6.07) is 2.00. The second-order valence-corrected chi connectivity index (χ2v) is 14.0. The van der Waals surface area contributed by atoms with E-state index in [1.807, 2.05) is 6.07 Å². The van der Waals surface area contributed by atoms with Gasteiger partial charge in [0, 0.05) is 38.2 Å². The van der Waals surface area contributed by atoms with Crippen LogP contribution in [0.1, 0.15) is 33.1 Å². The Kier molecular flexibility index (Phi) is 7.06. The van der Waals surface area contributed by atoms with Gasteiger partial charge in [-0.05, 0) is 58.3 Å². The van der Waals surface area contributed by atoms with E-state index in [0.29, 0.717) is 19.7 Å². The van der Waals surface area contributed by atoms with Crippen LogP contribution >= 0.6 is 0 Å². The fraction of sp³-hybridized carbons (Fsp3) is 0.800. The minimum atomic E-state index is -2.71. The van der Waals surface area contributed by atoms with Gasteiger partial charge >= 0.3 is 0 Å². The van der Waals surface area contributed by atoms with Crippen LogP contribution in [0.25, 0.3) is 0 Å². The first-order chi connectivity index (χ1) is 12.8. The van der Waals surface area contributed by atoms with Gasteiger partial charge in [-0.2, -0.15) is 5.26 Å². The molecule has 0 aliphatic carbocycles. The Morgan fingerprint density at radius 1 is 1.36 bits per heavy atom. The number of hydrogen-bond donors (Lipinski definition) is 0. The van der Waals surface area contributed by atoms with E-state index in [9.17, 15) is 18.8 Å². The summed E-state index contributed by atoms with van der Waals surface area (Å²) in [6.07, 6.45) is 3.25. The van der Waals surface area contributed by atoms with Gasteiger partial charge < -0.3 is 9.33 Å². The monoisotopic (exact) mass is 413 g/mol. The van der Waals surface area contributed by atoms with Gasteiger partial charge in [-0.25, -0.2) is 8.78 Å². The van der Waals surface area contributed by atoms with Gasteiger partial charge in [0.15, 0.2) is 8.32 Å². The number of nitriles is 1. The molecular formula is C20H33F2N3O2Si. The lowest BCUT2D eigenvalue weighted by Crippen LogP contribution is -2.45. The standard InChI is InChI=1S/C20H33F2N3O2Si/c1-19(2,25-10-8-20(21,22)15-25)11-17(12-23)18(26)24-9-6-7-16(13-24)14-27-28(3,4)5/h11,16H,6-10,13-15H2,1-5H3. The first kappa shape index (κ1) is 23.0. The molecule has 1 amide bonds. The molecule has 0 aromatic heterocycles. The van der Waals surface area contributed by atoms with Crippen molar-refractivity contribution >= 4 is 14.2 Å². The predicted molar refractivity (Wildman–Crippen MR) is 108 cm³/mol. The number of likely N-dealkylation sites (tertiary alicyclic amines) is 2. The smallest absolute Gasteiger partial charge is 0.264 e. The Bertz CT molecular complexity index is 653. The largest absolute Gasteiger partial charge is 0.417 e. The van der Waals surface area contributed by atoms with Gasteiger partial charge in [0.25, 0.3) is 11.8 Å². The van der Waals surface area contributed by atoms with Crippen LogP contribution in [-0.4, -0.2) is 68.3 Å². The summed E-state index contributed by atoms with van der Waals surface area (Å²) in [5.41, 5.74) is -0.747. The maximum absolute atomic E-state index is 13.6. The SMILES string of the molecule is CC(C)(C=C(C#N)C(=O)N1CCCC(CO[Si](C)(C)C)C1)N1CCC(F)(F)C1. The van der Waals surface area contributed by atoms with Gasteiger partial charge in [-0.15, -0.1) is 0 Å². The Morgan fingerprint density at radius 3 is 2.57 bits per heavy atom. The molecule has 0 saturated carbocycles. The molecule has 0 aromatic carbocycles. The summed E-state index contributed by atoms with van der Waals surface area (Å²) in [7, 11) is -1.61. The van der Waals surface area contributed by atoms with E-state index in [-0.39, 0.29) is 36.9 Å². The van der Waals surface area contributed by atoms with Gasteiger partial charge in [-0.3, -0.25) is 9.69 Å².